The van der Waals surface area contributed by atoms with E-state index in [0.717, 1.165) is 32.4 Å². The molecule has 0 bridgehead atoms. The van der Waals surface area contributed by atoms with Gasteiger partial charge in [0.2, 0.25) is 0 Å². The van der Waals surface area contributed by atoms with Crippen molar-refractivity contribution < 1.29 is 9.90 Å². The smallest absolute Gasteiger partial charge is 0.255 e. The van der Waals surface area contributed by atoms with Crippen molar-refractivity contribution in [1.82, 2.24) is 10.6 Å². The van der Waals surface area contributed by atoms with Crippen molar-refractivity contribution in [3.8, 4) is 5.75 Å². The maximum absolute atomic E-state index is 12.0. The molecule has 1 aliphatic rings. The zero-order valence-electron chi connectivity index (χ0n) is 10.1. The van der Waals surface area contributed by atoms with Crippen LogP contribution >= 0.6 is 11.6 Å². The first kappa shape index (κ1) is 13.2. The van der Waals surface area contributed by atoms with E-state index in [9.17, 15) is 9.90 Å². The fraction of sp³-hybridized carbons (Fsp3) is 0.462. The molecule has 5 heteroatoms. The van der Waals surface area contributed by atoms with Gasteiger partial charge in [-0.05, 0) is 50.6 Å². The Balaban J connectivity index is 2.02. The Morgan fingerprint density at radius 2 is 2.22 bits per heavy atom. The molecular weight excluding hydrogens is 252 g/mol. The summed E-state index contributed by atoms with van der Waals surface area (Å²) in [6, 6.07) is 4.69. The molecule has 1 heterocycles. The van der Waals surface area contributed by atoms with Gasteiger partial charge in [0.15, 0.2) is 0 Å². The Bertz CT molecular complexity index is 429. The van der Waals surface area contributed by atoms with Crippen molar-refractivity contribution in [1.29, 1.82) is 0 Å². The van der Waals surface area contributed by atoms with E-state index in [4.69, 9.17) is 11.6 Å². The number of carbonyl (C=O) groups is 1. The molecule has 0 aromatic heterocycles. The Kier molecular flexibility index (Phi) is 4.44. The third-order valence-corrected chi connectivity index (χ3v) is 3.35. The lowest BCUT2D eigenvalue weighted by Crippen LogP contribution is -2.35. The van der Waals surface area contributed by atoms with Gasteiger partial charge in [-0.3, -0.25) is 4.79 Å². The predicted molar refractivity (Wildman–Crippen MR) is 71.1 cm³/mol. The fourth-order valence-corrected chi connectivity index (χ4v) is 2.29. The van der Waals surface area contributed by atoms with E-state index in [1.165, 1.54) is 6.07 Å². The molecular formula is C13H17ClN2O2. The number of amides is 1. The first-order valence-electron chi connectivity index (χ1n) is 6.17. The molecule has 1 amide bonds. The summed E-state index contributed by atoms with van der Waals surface area (Å²) < 4.78 is 0. The van der Waals surface area contributed by atoms with Crippen LogP contribution in [0.15, 0.2) is 18.2 Å². The summed E-state index contributed by atoms with van der Waals surface area (Å²) in [4.78, 5) is 12.0. The quantitative estimate of drug-likeness (QED) is 0.768. The average molecular weight is 269 g/mol. The minimum atomic E-state index is -0.240. The Morgan fingerprint density at radius 3 is 3.00 bits per heavy atom. The number of phenolic OH excluding ortho intramolecular Hbond substituents is 1. The van der Waals surface area contributed by atoms with Crippen LogP contribution in [0.3, 0.4) is 0 Å². The molecule has 18 heavy (non-hydrogen) atoms. The van der Waals surface area contributed by atoms with Gasteiger partial charge in [-0.15, -0.1) is 0 Å². The molecule has 1 saturated heterocycles. The van der Waals surface area contributed by atoms with Crippen LogP contribution in [0.4, 0.5) is 0 Å². The number of halogens is 1. The van der Waals surface area contributed by atoms with Gasteiger partial charge in [0, 0.05) is 11.1 Å². The number of benzene rings is 1. The number of carbonyl (C=O) groups excluding carboxylic acids is 1. The summed E-state index contributed by atoms with van der Waals surface area (Å²) in [5.74, 6) is -0.317. The molecule has 0 radical (unpaired) electrons. The minimum Gasteiger partial charge on any atom is -0.507 e. The molecule has 1 unspecified atom stereocenters. The van der Waals surface area contributed by atoms with Crippen LogP contribution in [0.5, 0.6) is 5.75 Å². The van der Waals surface area contributed by atoms with E-state index in [1.54, 1.807) is 12.1 Å². The van der Waals surface area contributed by atoms with E-state index < -0.39 is 0 Å². The van der Waals surface area contributed by atoms with Crippen LogP contribution < -0.4 is 10.6 Å². The largest absolute Gasteiger partial charge is 0.507 e. The lowest BCUT2D eigenvalue weighted by atomic mass is 10.1. The lowest BCUT2D eigenvalue weighted by molar-refractivity contribution is 0.0931. The second kappa shape index (κ2) is 6.07. The normalized spacial score (nSPS) is 20.2. The number of hydrogen-bond donors (Lipinski definition) is 3. The third kappa shape index (κ3) is 3.37. The van der Waals surface area contributed by atoms with E-state index in [2.05, 4.69) is 10.6 Å². The molecule has 0 spiro atoms. The van der Waals surface area contributed by atoms with Gasteiger partial charge in [-0.2, -0.15) is 0 Å². The van der Waals surface area contributed by atoms with Crippen LogP contribution in [-0.2, 0) is 0 Å². The molecule has 1 aromatic rings. The van der Waals surface area contributed by atoms with Gasteiger partial charge < -0.3 is 15.7 Å². The summed E-state index contributed by atoms with van der Waals surface area (Å²) in [7, 11) is 0. The maximum Gasteiger partial charge on any atom is 0.255 e. The zero-order valence-corrected chi connectivity index (χ0v) is 10.8. The van der Waals surface area contributed by atoms with Gasteiger partial charge in [0.25, 0.3) is 5.91 Å². The second-order valence-electron chi connectivity index (χ2n) is 4.51. The number of aromatic hydroxyl groups is 1. The van der Waals surface area contributed by atoms with E-state index in [0.29, 0.717) is 5.02 Å². The predicted octanol–water partition coefficient (Wildman–Crippen LogP) is 1.92. The molecule has 1 aliphatic heterocycles. The van der Waals surface area contributed by atoms with Crippen LogP contribution in [0.25, 0.3) is 0 Å². The molecule has 2 rings (SSSR count). The summed E-state index contributed by atoms with van der Waals surface area (Å²) in [5.41, 5.74) is 0.275. The molecule has 1 aromatic carbocycles. The van der Waals surface area contributed by atoms with Gasteiger partial charge in [-0.1, -0.05) is 11.6 Å². The number of phenols is 1. The van der Waals surface area contributed by atoms with Gasteiger partial charge in [-0.25, -0.2) is 0 Å². The van der Waals surface area contributed by atoms with Crippen molar-refractivity contribution in [3.63, 3.8) is 0 Å². The van der Waals surface area contributed by atoms with Crippen molar-refractivity contribution >= 4 is 17.5 Å². The zero-order chi connectivity index (χ0) is 13.0. The lowest BCUT2D eigenvalue weighted by Gasteiger charge is -2.16. The van der Waals surface area contributed by atoms with Crippen LogP contribution in [0.2, 0.25) is 5.02 Å². The minimum absolute atomic E-state index is 0.0771. The average Bonchev–Trinajstić information content (AvgIpc) is 2.57. The summed E-state index contributed by atoms with van der Waals surface area (Å²) in [6.07, 6.45) is 2.94. The van der Waals surface area contributed by atoms with Gasteiger partial charge in [0.1, 0.15) is 5.75 Å². The molecule has 1 atom stereocenters. The van der Waals surface area contributed by atoms with Crippen molar-refractivity contribution in [2.75, 3.05) is 13.1 Å². The molecule has 0 saturated carbocycles. The molecule has 98 valence electrons. The standard InChI is InChI=1S/C13H17ClN2O2/c14-9-3-4-11(12(17)8-9)13(18)16-10-2-1-6-15-7-5-10/h3-4,8,10,15,17H,1-2,5-7H2,(H,16,18). The van der Waals surface area contributed by atoms with E-state index in [1.807, 2.05) is 0 Å². The molecule has 1 fully saturated rings. The van der Waals surface area contributed by atoms with E-state index >= 15 is 0 Å². The van der Waals surface area contributed by atoms with Crippen molar-refractivity contribution in [2.45, 2.75) is 25.3 Å². The number of nitrogens with one attached hydrogen (secondary N) is 2. The van der Waals surface area contributed by atoms with Crippen LogP contribution in [0.1, 0.15) is 29.6 Å². The number of hydrogen-bond acceptors (Lipinski definition) is 3. The van der Waals surface area contributed by atoms with Crippen LogP contribution in [0, 0.1) is 0 Å². The first-order chi connectivity index (χ1) is 8.66. The highest BCUT2D eigenvalue weighted by Gasteiger charge is 2.17. The molecule has 4 nitrogen and oxygen atoms in total. The van der Waals surface area contributed by atoms with Crippen molar-refractivity contribution in [2.24, 2.45) is 0 Å². The highest BCUT2D eigenvalue weighted by Crippen LogP contribution is 2.22. The molecule has 3 N–H and O–H groups in total. The third-order valence-electron chi connectivity index (χ3n) is 3.12. The maximum atomic E-state index is 12.0. The second-order valence-corrected chi connectivity index (χ2v) is 4.95. The Morgan fingerprint density at radius 1 is 1.39 bits per heavy atom. The fourth-order valence-electron chi connectivity index (χ4n) is 2.12. The highest BCUT2D eigenvalue weighted by molar-refractivity contribution is 6.30. The van der Waals surface area contributed by atoms with Crippen LogP contribution in [-0.4, -0.2) is 30.1 Å². The van der Waals surface area contributed by atoms with Crippen molar-refractivity contribution in [3.05, 3.63) is 28.8 Å². The van der Waals surface area contributed by atoms with Gasteiger partial charge in [0.05, 0.1) is 5.56 Å². The Labute approximate surface area is 111 Å². The molecule has 0 aliphatic carbocycles. The summed E-state index contributed by atoms with van der Waals surface area (Å²) >= 11 is 5.74. The summed E-state index contributed by atoms with van der Waals surface area (Å²) in [5, 5.41) is 16.4. The highest BCUT2D eigenvalue weighted by atomic mass is 35.5. The summed E-state index contributed by atoms with van der Waals surface area (Å²) in [6.45, 7) is 1.91. The SMILES string of the molecule is O=C(NC1CCCNCC1)c1ccc(Cl)cc1O. The topological polar surface area (TPSA) is 61.4 Å². The van der Waals surface area contributed by atoms with E-state index in [-0.39, 0.29) is 23.3 Å². The Hall–Kier alpha value is -1.26. The monoisotopic (exact) mass is 268 g/mol. The van der Waals surface area contributed by atoms with Gasteiger partial charge >= 0.3 is 0 Å². The number of rotatable bonds is 2. The first-order valence-corrected chi connectivity index (χ1v) is 6.54.